The predicted octanol–water partition coefficient (Wildman–Crippen LogP) is 2.57. The lowest BCUT2D eigenvalue weighted by molar-refractivity contribution is -0.141. The Bertz CT molecular complexity index is 1050. The molecule has 1 atom stereocenters. The molecule has 3 aromatic rings. The number of benzene rings is 1. The van der Waals surface area contributed by atoms with Gasteiger partial charge in [-0.25, -0.2) is 14.6 Å². The third-order valence-corrected chi connectivity index (χ3v) is 4.78. The molecule has 2 aromatic heterocycles. The highest BCUT2D eigenvalue weighted by molar-refractivity contribution is 5.95. The van der Waals surface area contributed by atoms with Crippen molar-refractivity contribution in [2.24, 2.45) is 5.92 Å². The van der Waals surface area contributed by atoms with E-state index in [9.17, 15) is 14.7 Å². The Labute approximate surface area is 175 Å². The Morgan fingerprint density at radius 1 is 1.07 bits per heavy atom. The Hall–Kier alpha value is -3.55. The number of aromatic nitrogens is 4. The van der Waals surface area contributed by atoms with E-state index in [1.54, 1.807) is 13.1 Å². The van der Waals surface area contributed by atoms with E-state index in [1.807, 2.05) is 51.1 Å². The molecule has 0 aliphatic carbocycles. The zero-order valence-corrected chi connectivity index (χ0v) is 17.5. The van der Waals surface area contributed by atoms with Crippen LogP contribution in [0.4, 0.5) is 0 Å². The maximum atomic E-state index is 12.7. The molecule has 8 nitrogen and oxygen atoms in total. The summed E-state index contributed by atoms with van der Waals surface area (Å²) in [6.07, 6.45) is 1.90. The van der Waals surface area contributed by atoms with E-state index in [2.05, 4.69) is 20.4 Å². The van der Waals surface area contributed by atoms with Gasteiger partial charge in [0, 0.05) is 24.1 Å². The number of carboxylic acid groups (broad SMARTS) is 1. The molecule has 0 aliphatic rings. The minimum Gasteiger partial charge on any atom is -0.481 e. The fraction of sp³-hybridized carbons (Fsp3) is 0.318. The average molecular weight is 407 g/mol. The van der Waals surface area contributed by atoms with Crippen LogP contribution < -0.4 is 5.32 Å². The Morgan fingerprint density at radius 3 is 2.30 bits per heavy atom. The highest BCUT2D eigenvalue weighted by atomic mass is 16.4. The van der Waals surface area contributed by atoms with Crippen molar-refractivity contribution in [2.75, 3.05) is 6.54 Å². The number of carboxylic acids is 1. The summed E-state index contributed by atoms with van der Waals surface area (Å²) in [5.41, 5.74) is 4.50. The summed E-state index contributed by atoms with van der Waals surface area (Å²) in [5, 5.41) is 16.6. The first kappa shape index (κ1) is 21.2. The summed E-state index contributed by atoms with van der Waals surface area (Å²) >= 11 is 0. The smallest absolute Gasteiger partial charge is 0.308 e. The van der Waals surface area contributed by atoms with Crippen molar-refractivity contribution in [2.45, 2.75) is 34.1 Å². The van der Waals surface area contributed by atoms with E-state index in [1.165, 1.54) is 4.68 Å². The second-order valence-corrected chi connectivity index (χ2v) is 7.46. The number of aryl methyl sites for hydroxylation is 4. The van der Waals surface area contributed by atoms with Gasteiger partial charge in [-0.15, -0.1) is 0 Å². The summed E-state index contributed by atoms with van der Waals surface area (Å²) in [5.74, 6) is -1.67. The molecule has 0 saturated carbocycles. The van der Waals surface area contributed by atoms with Gasteiger partial charge in [0.1, 0.15) is 0 Å². The predicted molar refractivity (Wildman–Crippen MR) is 112 cm³/mol. The van der Waals surface area contributed by atoms with E-state index >= 15 is 0 Å². The maximum Gasteiger partial charge on any atom is 0.308 e. The normalized spacial score (nSPS) is 11.9. The van der Waals surface area contributed by atoms with Crippen molar-refractivity contribution >= 4 is 11.9 Å². The maximum absolute atomic E-state index is 12.7. The molecule has 2 heterocycles. The molecule has 0 unspecified atom stereocenters. The first-order chi connectivity index (χ1) is 14.2. The van der Waals surface area contributed by atoms with E-state index in [4.69, 9.17) is 0 Å². The van der Waals surface area contributed by atoms with Crippen LogP contribution in [0, 0.1) is 33.6 Å². The Balaban J connectivity index is 1.71. The van der Waals surface area contributed by atoms with Gasteiger partial charge in [-0.05, 0) is 45.7 Å². The van der Waals surface area contributed by atoms with Crippen LogP contribution >= 0.6 is 0 Å². The molecule has 0 spiro atoms. The highest BCUT2D eigenvalue weighted by Crippen LogP contribution is 2.13. The summed E-state index contributed by atoms with van der Waals surface area (Å²) in [6.45, 7) is 7.44. The molecule has 3 rings (SSSR count). The quantitative estimate of drug-likeness (QED) is 0.623. The van der Waals surface area contributed by atoms with E-state index in [0.29, 0.717) is 23.6 Å². The number of nitrogens with one attached hydrogen (secondary N) is 1. The Morgan fingerprint density at radius 2 is 1.70 bits per heavy atom. The van der Waals surface area contributed by atoms with Crippen molar-refractivity contribution in [1.29, 1.82) is 0 Å². The third-order valence-electron chi connectivity index (χ3n) is 4.78. The van der Waals surface area contributed by atoms with Crippen LogP contribution in [0.5, 0.6) is 0 Å². The van der Waals surface area contributed by atoms with Crippen LogP contribution in [0.2, 0.25) is 0 Å². The average Bonchev–Trinajstić information content (AvgIpc) is 3.07. The van der Waals surface area contributed by atoms with Gasteiger partial charge in [-0.1, -0.05) is 29.8 Å². The summed E-state index contributed by atoms with van der Waals surface area (Å²) in [7, 11) is 0. The van der Waals surface area contributed by atoms with Crippen molar-refractivity contribution in [1.82, 2.24) is 25.1 Å². The lowest BCUT2D eigenvalue weighted by Gasteiger charge is -2.13. The minimum absolute atomic E-state index is 0.0206. The zero-order valence-electron chi connectivity index (χ0n) is 17.5. The first-order valence-corrected chi connectivity index (χ1v) is 9.68. The topological polar surface area (TPSA) is 110 Å². The highest BCUT2D eigenvalue weighted by Gasteiger charge is 2.21. The SMILES string of the molecule is Cc1ccc(C[C@@H](CNC(=O)c2cn(-c3nc(C)cc(C)n3)nc2C)C(=O)O)cc1. The molecule has 156 valence electrons. The molecule has 0 bridgehead atoms. The number of hydrogen-bond donors (Lipinski definition) is 2. The van der Waals surface area contributed by atoms with Crippen molar-refractivity contribution in [3.8, 4) is 5.95 Å². The lowest BCUT2D eigenvalue weighted by atomic mass is 9.98. The monoisotopic (exact) mass is 407 g/mol. The van der Waals surface area contributed by atoms with Crippen LogP contribution in [0.25, 0.3) is 5.95 Å². The number of hydrogen-bond acceptors (Lipinski definition) is 5. The van der Waals surface area contributed by atoms with Gasteiger partial charge in [0.2, 0.25) is 0 Å². The van der Waals surface area contributed by atoms with Gasteiger partial charge in [0.05, 0.1) is 17.2 Å². The molecule has 1 aromatic carbocycles. The number of amides is 1. The van der Waals surface area contributed by atoms with Gasteiger partial charge in [0.15, 0.2) is 0 Å². The standard InChI is InChI=1S/C22H25N5O3/c1-13-5-7-17(8-6-13)10-18(21(29)30)11-23-20(28)19-12-27(26-16(19)4)22-24-14(2)9-15(3)25-22/h5-9,12,18H,10-11H2,1-4H3,(H,23,28)(H,29,30)/t18-/m0/s1. The minimum atomic E-state index is -0.952. The molecule has 0 aliphatic heterocycles. The molecule has 2 N–H and O–H groups in total. The number of nitrogens with zero attached hydrogens (tertiary/aromatic N) is 4. The number of aliphatic carboxylic acids is 1. The molecule has 1 amide bonds. The van der Waals surface area contributed by atoms with Gasteiger partial charge in [-0.2, -0.15) is 5.10 Å². The van der Waals surface area contributed by atoms with Crippen LogP contribution in [0.1, 0.15) is 38.6 Å². The van der Waals surface area contributed by atoms with Crippen LogP contribution in [0.15, 0.2) is 36.5 Å². The molecule has 0 saturated heterocycles. The zero-order chi connectivity index (χ0) is 21.8. The van der Waals surface area contributed by atoms with E-state index in [-0.39, 0.29) is 12.5 Å². The Kier molecular flexibility index (Phi) is 6.25. The second-order valence-electron chi connectivity index (χ2n) is 7.46. The van der Waals surface area contributed by atoms with Crippen LogP contribution in [0.3, 0.4) is 0 Å². The van der Waals surface area contributed by atoms with Gasteiger partial charge >= 0.3 is 5.97 Å². The van der Waals surface area contributed by atoms with Gasteiger partial charge in [0.25, 0.3) is 11.9 Å². The van der Waals surface area contributed by atoms with E-state index < -0.39 is 11.9 Å². The molecule has 0 fully saturated rings. The number of rotatable bonds is 7. The lowest BCUT2D eigenvalue weighted by Crippen LogP contribution is -2.34. The van der Waals surface area contributed by atoms with Crippen LogP contribution in [-0.2, 0) is 11.2 Å². The van der Waals surface area contributed by atoms with Crippen molar-refractivity contribution in [3.05, 3.63) is 70.3 Å². The second kappa shape index (κ2) is 8.86. The van der Waals surface area contributed by atoms with Crippen molar-refractivity contribution < 1.29 is 14.7 Å². The van der Waals surface area contributed by atoms with Crippen molar-refractivity contribution in [3.63, 3.8) is 0 Å². The van der Waals surface area contributed by atoms with Crippen LogP contribution in [-0.4, -0.2) is 43.3 Å². The molecule has 30 heavy (non-hydrogen) atoms. The van der Waals surface area contributed by atoms with Gasteiger partial charge in [-0.3, -0.25) is 9.59 Å². The fourth-order valence-electron chi connectivity index (χ4n) is 3.16. The largest absolute Gasteiger partial charge is 0.481 e. The third kappa shape index (κ3) is 5.08. The first-order valence-electron chi connectivity index (χ1n) is 9.68. The number of carbonyl (C=O) groups excluding carboxylic acids is 1. The summed E-state index contributed by atoms with van der Waals surface area (Å²) in [6, 6.07) is 9.56. The molecule has 8 heteroatoms. The summed E-state index contributed by atoms with van der Waals surface area (Å²) < 4.78 is 1.46. The fourth-order valence-corrected chi connectivity index (χ4v) is 3.16. The van der Waals surface area contributed by atoms with E-state index in [0.717, 1.165) is 22.5 Å². The molecular weight excluding hydrogens is 382 g/mol. The molecule has 0 radical (unpaired) electrons. The number of carbonyl (C=O) groups is 2. The summed E-state index contributed by atoms with van der Waals surface area (Å²) in [4.78, 5) is 33.0. The molecular formula is C22H25N5O3. The van der Waals surface area contributed by atoms with Gasteiger partial charge < -0.3 is 10.4 Å².